The van der Waals surface area contributed by atoms with E-state index < -0.39 is 28.0 Å². The Labute approximate surface area is 111 Å². The van der Waals surface area contributed by atoms with Crippen LogP contribution in [0.3, 0.4) is 0 Å². The van der Waals surface area contributed by atoms with E-state index in [1.165, 1.54) is 12.1 Å². The molecule has 1 aromatic rings. The topological polar surface area (TPSA) is 89.3 Å². The summed E-state index contributed by atoms with van der Waals surface area (Å²) in [5.74, 6) is -2.08. The third-order valence-electron chi connectivity index (χ3n) is 2.60. The van der Waals surface area contributed by atoms with Gasteiger partial charge in [0.05, 0.1) is 15.9 Å². The molecule has 18 heavy (non-hydrogen) atoms. The molecule has 2 unspecified atom stereocenters. The Morgan fingerprint density at radius 3 is 2.39 bits per heavy atom. The summed E-state index contributed by atoms with van der Waals surface area (Å²) in [6, 6.07) is 3.66. The first kappa shape index (κ1) is 12.8. The van der Waals surface area contributed by atoms with Crippen molar-refractivity contribution < 1.29 is 14.5 Å². The van der Waals surface area contributed by atoms with Gasteiger partial charge in [-0.05, 0) is 11.6 Å². The van der Waals surface area contributed by atoms with Crippen LogP contribution in [0.1, 0.15) is 11.5 Å². The fourth-order valence-corrected chi connectivity index (χ4v) is 2.33. The molecule has 1 N–H and O–H groups in total. The summed E-state index contributed by atoms with van der Waals surface area (Å²) in [4.78, 5) is 32.7. The third-order valence-corrected chi connectivity index (χ3v) is 3.38. The van der Waals surface area contributed by atoms with Gasteiger partial charge in [-0.2, -0.15) is 0 Å². The van der Waals surface area contributed by atoms with Gasteiger partial charge in [-0.1, -0.05) is 11.6 Å². The summed E-state index contributed by atoms with van der Waals surface area (Å²) in [7, 11) is 0. The molecule has 1 saturated heterocycles. The van der Waals surface area contributed by atoms with Crippen LogP contribution in [-0.4, -0.2) is 22.1 Å². The van der Waals surface area contributed by atoms with Crippen molar-refractivity contribution in [3.8, 4) is 0 Å². The molecule has 0 aromatic heterocycles. The summed E-state index contributed by atoms with van der Waals surface area (Å²) in [6.07, 6.45) is 0. The number of carbonyl (C=O) groups excluding carboxylic acids is 2. The zero-order valence-corrected chi connectivity index (χ0v) is 10.2. The lowest BCUT2D eigenvalue weighted by atomic mass is 9.97. The molecule has 94 valence electrons. The van der Waals surface area contributed by atoms with Gasteiger partial charge in [-0.15, -0.1) is 11.6 Å². The van der Waals surface area contributed by atoms with Crippen molar-refractivity contribution in [1.82, 2.24) is 5.32 Å². The number of hydrogen-bond acceptors (Lipinski definition) is 4. The first-order chi connectivity index (χ1) is 8.41. The maximum atomic E-state index is 11.6. The number of non-ortho nitro benzene ring substituents is 1. The Kier molecular flexibility index (Phi) is 3.23. The maximum absolute atomic E-state index is 11.6. The van der Waals surface area contributed by atoms with Crippen molar-refractivity contribution >= 4 is 40.7 Å². The number of carbonyl (C=O) groups is 2. The zero-order valence-electron chi connectivity index (χ0n) is 8.72. The van der Waals surface area contributed by atoms with Gasteiger partial charge in [0.25, 0.3) is 5.69 Å². The largest absolute Gasteiger partial charge is 0.295 e. The van der Waals surface area contributed by atoms with E-state index in [0.29, 0.717) is 5.56 Å². The van der Waals surface area contributed by atoms with Gasteiger partial charge < -0.3 is 0 Å². The van der Waals surface area contributed by atoms with Gasteiger partial charge in [0.1, 0.15) is 5.38 Å². The van der Waals surface area contributed by atoms with Crippen LogP contribution >= 0.6 is 23.2 Å². The van der Waals surface area contributed by atoms with E-state index in [0.717, 1.165) is 6.07 Å². The fraction of sp³-hybridized carbons (Fsp3) is 0.200. The van der Waals surface area contributed by atoms with Crippen LogP contribution in [0.2, 0.25) is 5.02 Å². The molecule has 2 rings (SSSR count). The van der Waals surface area contributed by atoms with Gasteiger partial charge in [0.15, 0.2) is 0 Å². The molecule has 2 amide bonds. The van der Waals surface area contributed by atoms with Crippen LogP contribution in [0, 0.1) is 10.1 Å². The Morgan fingerprint density at radius 2 is 1.94 bits per heavy atom. The summed E-state index contributed by atoms with van der Waals surface area (Å²) in [6.45, 7) is 0. The van der Waals surface area contributed by atoms with E-state index in [9.17, 15) is 19.7 Å². The average molecular weight is 289 g/mol. The number of hydrogen-bond donors (Lipinski definition) is 1. The molecule has 0 spiro atoms. The molecule has 1 aliphatic heterocycles. The quantitative estimate of drug-likeness (QED) is 0.387. The monoisotopic (exact) mass is 288 g/mol. The van der Waals surface area contributed by atoms with Gasteiger partial charge >= 0.3 is 0 Å². The standard InChI is InChI=1S/C10H6Cl2N2O4/c11-6-3-4(14(17)18)1-2-5(6)7-8(12)10(16)13-9(7)15/h1-3,7-8H,(H,13,15,16). The number of halogens is 2. The number of nitro benzene ring substituents is 1. The minimum Gasteiger partial charge on any atom is -0.295 e. The van der Waals surface area contributed by atoms with Crippen molar-refractivity contribution in [2.75, 3.05) is 0 Å². The summed E-state index contributed by atoms with van der Waals surface area (Å²) in [5.41, 5.74) is 0.102. The minimum atomic E-state index is -1.06. The molecule has 1 fully saturated rings. The zero-order chi connectivity index (χ0) is 13.4. The molecule has 6 nitrogen and oxygen atoms in total. The van der Waals surface area contributed by atoms with Crippen molar-refractivity contribution in [3.63, 3.8) is 0 Å². The van der Waals surface area contributed by atoms with E-state index in [1.54, 1.807) is 0 Å². The number of nitro groups is 1. The normalized spacial score (nSPS) is 23.0. The van der Waals surface area contributed by atoms with Crippen LogP contribution < -0.4 is 5.32 Å². The minimum absolute atomic E-state index is 0.0321. The number of alkyl halides is 1. The SMILES string of the molecule is O=C1NC(=O)C(c2ccc([N+](=O)[O-])cc2Cl)C1Cl. The van der Waals surface area contributed by atoms with Crippen molar-refractivity contribution in [1.29, 1.82) is 0 Å². The second-order valence-electron chi connectivity index (χ2n) is 3.70. The molecule has 0 aliphatic carbocycles. The average Bonchev–Trinajstić information content (AvgIpc) is 2.54. The van der Waals surface area contributed by atoms with Crippen LogP contribution in [0.4, 0.5) is 5.69 Å². The second kappa shape index (κ2) is 4.55. The first-order valence-corrected chi connectivity index (χ1v) is 5.66. The van der Waals surface area contributed by atoms with E-state index in [4.69, 9.17) is 23.2 Å². The molecule has 0 radical (unpaired) electrons. The Morgan fingerprint density at radius 1 is 1.28 bits per heavy atom. The van der Waals surface area contributed by atoms with Crippen LogP contribution in [-0.2, 0) is 9.59 Å². The van der Waals surface area contributed by atoms with Gasteiger partial charge in [0.2, 0.25) is 11.8 Å². The number of amides is 2. The van der Waals surface area contributed by atoms with Crippen LogP contribution in [0.15, 0.2) is 18.2 Å². The lowest BCUT2D eigenvalue weighted by Gasteiger charge is -2.11. The highest BCUT2D eigenvalue weighted by atomic mass is 35.5. The van der Waals surface area contributed by atoms with Crippen LogP contribution in [0.25, 0.3) is 0 Å². The van der Waals surface area contributed by atoms with Gasteiger partial charge in [-0.25, -0.2) is 0 Å². The fourth-order valence-electron chi connectivity index (χ4n) is 1.73. The summed E-state index contributed by atoms with van der Waals surface area (Å²) in [5, 5.41) is 11.6. The first-order valence-electron chi connectivity index (χ1n) is 4.84. The van der Waals surface area contributed by atoms with E-state index in [-0.39, 0.29) is 10.7 Å². The molecule has 1 aliphatic rings. The molecule has 2 atom stereocenters. The summed E-state index contributed by atoms with van der Waals surface area (Å²) >= 11 is 11.7. The molecular weight excluding hydrogens is 283 g/mol. The molecule has 1 heterocycles. The third kappa shape index (κ3) is 2.04. The number of imide groups is 1. The predicted molar refractivity (Wildman–Crippen MR) is 63.6 cm³/mol. The van der Waals surface area contributed by atoms with E-state index in [2.05, 4.69) is 5.32 Å². The van der Waals surface area contributed by atoms with Crippen molar-refractivity contribution in [2.45, 2.75) is 11.3 Å². The van der Waals surface area contributed by atoms with Crippen LogP contribution in [0.5, 0.6) is 0 Å². The highest BCUT2D eigenvalue weighted by molar-refractivity contribution is 6.38. The van der Waals surface area contributed by atoms with E-state index >= 15 is 0 Å². The van der Waals surface area contributed by atoms with E-state index in [1.807, 2.05) is 0 Å². The predicted octanol–water partition coefficient (Wildman–Crippen LogP) is 1.60. The van der Waals surface area contributed by atoms with Gasteiger partial charge in [0, 0.05) is 12.1 Å². The number of rotatable bonds is 2. The maximum Gasteiger partial charge on any atom is 0.270 e. The molecule has 1 aromatic carbocycles. The Bertz CT molecular complexity index is 561. The van der Waals surface area contributed by atoms with Crippen molar-refractivity contribution in [3.05, 3.63) is 38.9 Å². The molecule has 0 saturated carbocycles. The molecular formula is C10H6Cl2N2O4. The number of benzene rings is 1. The lowest BCUT2D eigenvalue weighted by Crippen LogP contribution is -2.22. The Balaban J connectivity index is 2.43. The second-order valence-corrected chi connectivity index (χ2v) is 4.57. The molecule has 8 heteroatoms. The Hall–Kier alpha value is -1.66. The summed E-state index contributed by atoms with van der Waals surface area (Å²) < 4.78 is 0. The smallest absolute Gasteiger partial charge is 0.270 e. The van der Waals surface area contributed by atoms with Crippen molar-refractivity contribution in [2.24, 2.45) is 0 Å². The molecule has 0 bridgehead atoms. The highest BCUT2D eigenvalue weighted by Crippen LogP contribution is 2.35. The highest BCUT2D eigenvalue weighted by Gasteiger charge is 2.42. The number of nitrogens with zero attached hydrogens (tertiary/aromatic N) is 1. The van der Waals surface area contributed by atoms with Gasteiger partial charge in [-0.3, -0.25) is 25.0 Å². The lowest BCUT2D eigenvalue weighted by molar-refractivity contribution is -0.384. The number of nitrogens with one attached hydrogen (secondary N) is 1.